The summed E-state index contributed by atoms with van der Waals surface area (Å²) in [6.07, 6.45) is 2.16. The van der Waals surface area contributed by atoms with Crippen LogP contribution < -0.4 is 5.32 Å². The van der Waals surface area contributed by atoms with Gasteiger partial charge in [-0.3, -0.25) is 0 Å². The lowest BCUT2D eigenvalue weighted by Crippen LogP contribution is -2.41. The summed E-state index contributed by atoms with van der Waals surface area (Å²) >= 11 is 5.55. The standard InChI is InChI=1S/C19H19FN4S/c20-14-7-9-15(10-8-14)21-19(25)24-11-3-4-13(12-24)18-22-16-5-1-2-6-17(16)23-18/h1-2,5-10,13H,3-4,11-12H2,(H,21,25)(H,22,23)/t13-/m0/s1. The van der Waals surface area contributed by atoms with Crippen molar-refractivity contribution in [2.75, 3.05) is 18.4 Å². The summed E-state index contributed by atoms with van der Waals surface area (Å²) in [5, 5.41) is 3.87. The zero-order chi connectivity index (χ0) is 17.2. The van der Waals surface area contributed by atoms with Crippen molar-refractivity contribution in [1.29, 1.82) is 0 Å². The highest BCUT2D eigenvalue weighted by Gasteiger charge is 2.25. The summed E-state index contributed by atoms with van der Waals surface area (Å²) < 4.78 is 13.0. The molecular formula is C19H19FN4S. The van der Waals surface area contributed by atoms with Gasteiger partial charge in [-0.2, -0.15) is 0 Å². The predicted octanol–water partition coefficient (Wildman–Crippen LogP) is 4.28. The molecule has 25 heavy (non-hydrogen) atoms. The second-order valence-corrected chi connectivity index (χ2v) is 6.75. The minimum absolute atomic E-state index is 0.251. The number of rotatable bonds is 2. The number of fused-ring (bicyclic) bond motifs is 1. The molecule has 0 bridgehead atoms. The Hall–Kier alpha value is -2.47. The summed E-state index contributed by atoms with van der Waals surface area (Å²) in [7, 11) is 0. The zero-order valence-corrected chi connectivity index (χ0v) is 14.5. The average molecular weight is 354 g/mol. The molecule has 4 nitrogen and oxygen atoms in total. The van der Waals surface area contributed by atoms with Crippen LogP contribution in [0.3, 0.4) is 0 Å². The van der Waals surface area contributed by atoms with Crippen LogP contribution in [0.15, 0.2) is 48.5 Å². The van der Waals surface area contributed by atoms with Crippen molar-refractivity contribution in [3.63, 3.8) is 0 Å². The van der Waals surface area contributed by atoms with E-state index in [2.05, 4.69) is 15.2 Å². The Morgan fingerprint density at radius 2 is 2.00 bits per heavy atom. The maximum absolute atomic E-state index is 13.0. The number of hydrogen-bond acceptors (Lipinski definition) is 2. The lowest BCUT2D eigenvalue weighted by molar-refractivity contribution is 0.307. The molecule has 6 heteroatoms. The number of nitrogens with zero attached hydrogens (tertiary/aromatic N) is 2. The van der Waals surface area contributed by atoms with Gasteiger partial charge in [-0.05, 0) is 61.5 Å². The Bertz CT molecular complexity index is 857. The summed E-state index contributed by atoms with van der Waals surface area (Å²) in [6.45, 7) is 1.75. The molecule has 1 atom stereocenters. The first-order valence-corrected chi connectivity index (χ1v) is 8.86. The predicted molar refractivity (Wildman–Crippen MR) is 102 cm³/mol. The van der Waals surface area contributed by atoms with E-state index >= 15 is 0 Å². The number of aromatic nitrogens is 2. The van der Waals surface area contributed by atoms with E-state index in [9.17, 15) is 4.39 Å². The maximum Gasteiger partial charge on any atom is 0.173 e. The van der Waals surface area contributed by atoms with Gasteiger partial charge >= 0.3 is 0 Å². The van der Waals surface area contributed by atoms with Crippen LogP contribution in [0.5, 0.6) is 0 Å². The Labute approximate surface area is 151 Å². The molecule has 4 rings (SSSR count). The van der Waals surface area contributed by atoms with Crippen LogP contribution in [0.25, 0.3) is 11.0 Å². The molecule has 1 aliphatic rings. The molecule has 3 aromatic rings. The van der Waals surface area contributed by atoms with E-state index in [0.717, 1.165) is 48.5 Å². The average Bonchev–Trinajstić information content (AvgIpc) is 3.08. The Balaban J connectivity index is 1.46. The monoisotopic (exact) mass is 354 g/mol. The third-order valence-electron chi connectivity index (χ3n) is 4.60. The fourth-order valence-electron chi connectivity index (χ4n) is 3.29. The van der Waals surface area contributed by atoms with E-state index in [4.69, 9.17) is 17.2 Å². The van der Waals surface area contributed by atoms with Crippen molar-refractivity contribution in [3.8, 4) is 0 Å². The number of benzene rings is 2. The zero-order valence-electron chi connectivity index (χ0n) is 13.7. The van der Waals surface area contributed by atoms with Gasteiger partial charge < -0.3 is 15.2 Å². The van der Waals surface area contributed by atoms with Gasteiger partial charge in [-0.25, -0.2) is 9.37 Å². The molecule has 0 saturated carbocycles. The molecule has 1 aromatic heterocycles. The fraction of sp³-hybridized carbons (Fsp3) is 0.263. The summed E-state index contributed by atoms with van der Waals surface area (Å²) in [5.41, 5.74) is 2.88. The maximum atomic E-state index is 13.0. The van der Waals surface area contributed by atoms with Crippen LogP contribution in [-0.4, -0.2) is 33.1 Å². The molecular weight excluding hydrogens is 335 g/mol. The second-order valence-electron chi connectivity index (χ2n) is 6.36. The highest BCUT2D eigenvalue weighted by atomic mass is 32.1. The number of halogens is 1. The van der Waals surface area contributed by atoms with E-state index in [1.54, 1.807) is 12.1 Å². The van der Waals surface area contributed by atoms with E-state index < -0.39 is 0 Å². The lowest BCUT2D eigenvalue weighted by Gasteiger charge is -2.33. The topological polar surface area (TPSA) is 44.0 Å². The van der Waals surface area contributed by atoms with Crippen molar-refractivity contribution < 1.29 is 4.39 Å². The van der Waals surface area contributed by atoms with Crippen LogP contribution in [0, 0.1) is 5.82 Å². The van der Waals surface area contributed by atoms with Crippen LogP contribution in [-0.2, 0) is 0 Å². The number of piperidine rings is 1. The third-order valence-corrected chi connectivity index (χ3v) is 4.96. The number of nitrogens with one attached hydrogen (secondary N) is 2. The van der Waals surface area contributed by atoms with E-state index in [1.807, 2.05) is 24.3 Å². The molecule has 128 valence electrons. The van der Waals surface area contributed by atoms with Crippen LogP contribution in [0.4, 0.5) is 10.1 Å². The number of para-hydroxylation sites is 2. The quantitative estimate of drug-likeness (QED) is 0.674. The molecule has 2 heterocycles. The van der Waals surface area contributed by atoms with Gasteiger partial charge in [-0.15, -0.1) is 0 Å². The summed E-state index contributed by atoms with van der Waals surface area (Å²) in [6, 6.07) is 14.3. The number of imidazole rings is 1. The van der Waals surface area contributed by atoms with Crippen molar-refractivity contribution in [2.45, 2.75) is 18.8 Å². The molecule has 0 aliphatic carbocycles. The van der Waals surface area contributed by atoms with Crippen LogP contribution >= 0.6 is 12.2 Å². The highest BCUT2D eigenvalue weighted by Crippen LogP contribution is 2.27. The fourth-order valence-corrected chi connectivity index (χ4v) is 3.57. The first-order valence-electron chi connectivity index (χ1n) is 8.45. The number of thiocarbonyl (C=S) groups is 1. The van der Waals surface area contributed by atoms with Gasteiger partial charge in [0.1, 0.15) is 11.6 Å². The van der Waals surface area contributed by atoms with Crippen molar-refractivity contribution in [1.82, 2.24) is 14.9 Å². The highest BCUT2D eigenvalue weighted by molar-refractivity contribution is 7.80. The molecule has 0 unspecified atom stereocenters. The van der Waals surface area contributed by atoms with Crippen LogP contribution in [0.2, 0.25) is 0 Å². The summed E-state index contributed by atoms with van der Waals surface area (Å²) in [4.78, 5) is 10.3. The van der Waals surface area contributed by atoms with Crippen molar-refractivity contribution in [3.05, 3.63) is 60.2 Å². The van der Waals surface area contributed by atoms with Crippen molar-refractivity contribution in [2.24, 2.45) is 0 Å². The molecule has 2 aromatic carbocycles. The van der Waals surface area contributed by atoms with E-state index in [-0.39, 0.29) is 5.82 Å². The Morgan fingerprint density at radius 3 is 2.80 bits per heavy atom. The lowest BCUT2D eigenvalue weighted by atomic mass is 9.98. The molecule has 0 spiro atoms. The van der Waals surface area contributed by atoms with Gasteiger partial charge in [0.05, 0.1) is 11.0 Å². The van der Waals surface area contributed by atoms with Gasteiger partial charge in [0, 0.05) is 24.7 Å². The first kappa shape index (κ1) is 16.0. The molecule has 1 fully saturated rings. The van der Waals surface area contributed by atoms with Gasteiger partial charge in [0.15, 0.2) is 5.11 Å². The largest absolute Gasteiger partial charge is 0.348 e. The number of H-pyrrole nitrogens is 1. The van der Waals surface area contributed by atoms with E-state index in [1.165, 1.54) is 12.1 Å². The minimum Gasteiger partial charge on any atom is -0.348 e. The van der Waals surface area contributed by atoms with Gasteiger partial charge in [-0.1, -0.05) is 12.1 Å². The van der Waals surface area contributed by atoms with Crippen molar-refractivity contribution >= 4 is 34.1 Å². The SMILES string of the molecule is Fc1ccc(NC(=S)N2CCC[C@H](c3nc4ccccc4[nH]3)C2)cc1. The second kappa shape index (κ2) is 6.80. The molecule has 1 saturated heterocycles. The number of anilines is 1. The number of hydrogen-bond donors (Lipinski definition) is 2. The molecule has 0 radical (unpaired) electrons. The van der Waals surface area contributed by atoms with Gasteiger partial charge in [0.25, 0.3) is 0 Å². The van der Waals surface area contributed by atoms with Crippen LogP contribution in [0.1, 0.15) is 24.6 Å². The Morgan fingerprint density at radius 1 is 1.20 bits per heavy atom. The first-order chi connectivity index (χ1) is 12.2. The summed E-state index contributed by atoms with van der Waals surface area (Å²) in [5.74, 6) is 1.10. The Kier molecular flexibility index (Phi) is 4.36. The minimum atomic E-state index is -0.251. The molecule has 2 N–H and O–H groups in total. The van der Waals surface area contributed by atoms with Gasteiger partial charge in [0.2, 0.25) is 0 Å². The smallest absolute Gasteiger partial charge is 0.173 e. The third kappa shape index (κ3) is 3.49. The number of aromatic amines is 1. The normalized spacial score (nSPS) is 17.6. The molecule has 1 aliphatic heterocycles. The van der Waals surface area contributed by atoms with E-state index in [0.29, 0.717) is 11.0 Å². The molecule has 0 amide bonds. The number of likely N-dealkylation sites (tertiary alicyclic amines) is 1.